The predicted octanol–water partition coefficient (Wildman–Crippen LogP) is 4.22. The van der Waals surface area contributed by atoms with E-state index < -0.39 is 6.36 Å². The van der Waals surface area contributed by atoms with Gasteiger partial charge in [-0.25, -0.2) is 0 Å². The molecule has 0 amide bonds. The highest BCUT2D eigenvalue weighted by atomic mass is 19.4. The quantitative estimate of drug-likeness (QED) is 0.829. The number of halogens is 3. The second-order valence-electron chi connectivity index (χ2n) is 4.27. The molecule has 0 aromatic heterocycles. The van der Waals surface area contributed by atoms with Gasteiger partial charge in [0.2, 0.25) is 0 Å². The molecular weight excluding hydrogens is 269 g/mol. The highest BCUT2D eigenvalue weighted by Crippen LogP contribution is 2.27. The fourth-order valence-electron chi connectivity index (χ4n) is 1.69. The fraction of sp³-hybridized carbons (Fsp3) is 0.143. The largest absolute Gasteiger partial charge is 0.573 e. The first kappa shape index (κ1) is 14.0. The molecule has 0 atom stereocenters. The maximum absolute atomic E-state index is 12.1. The fourth-order valence-corrected chi connectivity index (χ4v) is 1.69. The summed E-state index contributed by atoms with van der Waals surface area (Å²) in [4.78, 5) is 0. The molecule has 0 fully saturated rings. The first-order valence-electron chi connectivity index (χ1n) is 5.82. The Hall–Kier alpha value is -2.37. The van der Waals surface area contributed by atoms with Crippen molar-refractivity contribution in [3.63, 3.8) is 0 Å². The van der Waals surface area contributed by atoms with Gasteiger partial charge in [-0.15, -0.1) is 13.2 Å². The zero-order chi connectivity index (χ0) is 14.8. The van der Waals surface area contributed by atoms with Gasteiger partial charge < -0.3 is 15.8 Å². The van der Waals surface area contributed by atoms with Crippen LogP contribution in [0.25, 0.3) is 0 Å². The Morgan fingerprint density at radius 1 is 1.05 bits per heavy atom. The highest BCUT2D eigenvalue weighted by Gasteiger charge is 2.31. The van der Waals surface area contributed by atoms with Gasteiger partial charge in [0.05, 0.1) is 0 Å². The predicted molar refractivity (Wildman–Crippen MR) is 72.0 cm³/mol. The van der Waals surface area contributed by atoms with Gasteiger partial charge in [0, 0.05) is 23.1 Å². The first-order chi connectivity index (χ1) is 9.33. The molecule has 0 aliphatic rings. The molecule has 0 saturated carbocycles. The number of aryl methyl sites for hydroxylation is 1. The van der Waals surface area contributed by atoms with Crippen LogP contribution in [0.4, 0.5) is 30.2 Å². The molecule has 6 heteroatoms. The molecule has 0 radical (unpaired) electrons. The lowest BCUT2D eigenvalue weighted by atomic mass is 10.2. The second-order valence-corrected chi connectivity index (χ2v) is 4.27. The number of ether oxygens (including phenoxy) is 1. The first-order valence-corrected chi connectivity index (χ1v) is 5.82. The number of benzene rings is 2. The molecule has 0 saturated heterocycles. The summed E-state index contributed by atoms with van der Waals surface area (Å²) in [5.41, 5.74) is 8.48. The zero-order valence-corrected chi connectivity index (χ0v) is 10.7. The van der Waals surface area contributed by atoms with Crippen LogP contribution in [-0.2, 0) is 0 Å². The van der Waals surface area contributed by atoms with Gasteiger partial charge >= 0.3 is 6.36 Å². The maximum Gasteiger partial charge on any atom is 0.573 e. The summed E-state index contributed by atoms with van der Waals surface area (Å²) in [7, 11) is 0. The van der Waals surface area contributed by atoms with Crippen LogP contribution in [0, 0.1) is 6.92 Å². The lowest BCUT2D eigenvalue weighted by molar-refractivity contribution is -0.274. The number of nitrogens with one attached hydrogen (secondary N) is 1. The number of hydrogen-bond acceptors (Lipinski definition) is 3. The van der Waals surface area contributed by atoms with Crippen molar-refractivity contribution in [2.45, 2.75) is 13.3 Å². The molecule has 0 unspecified atom stereocenters. The number of hydrogen-bond donors (Lipinski definition) is 2. The third-order valence-corrected chi connectivity index (χ3v) is 2.63. The molecular formula is C14H13F3N2O. The smallest absolute Gasteiger partial charge is 0.406 e. The number of alkyl halides is 3. The average Bonchev–Trinajstić information content (AvgIpc) is 2.32. The SMILES string of the molecule is Cc1cc(Nc2cccc(OC(F)(F)F)c2)ccc1N. The van der Waals surface area contributed by atoms with Crippen molar-refractivity contribution >= 4 is 17.1 Å². The topological polar surface area (TPSA) is 47.3 Å². The Morgan fingerprint density at radius 3 is 2.40 bits per heavy atom. The molecule has 3 nitrogen and oxygen atoms in total. The summed E-state index contributed by atoms with van der Waals surface area (Å²) in [6.45, 7) is 1.85. The summed E-state index contributed by atoms with van der Waals surface area (Å²) < 4.78 is 40.3. The van der Waals surface area contributed by atoms with E-state index >= 15 is 0 Å². The Balaban J connectivity index is 2.17. The lowest BCUT2D eigenvalue weighted by Crippen LogP contribution is -2.17. The van der Waals surface area contributed by atoms with Gasteiger partial charge in [0.1, 0.15) is 5.75 Å². The summed E-state index contributed by atoms with van der Waals surface area (Å²) in [6, 6.07) is 10.9. The van der Waals surface area contributed by atoms with E-state index in [2.05, 4.69) is 10.1 Å². The maximum atomic E-state index is 12.1. The Labute approximate surface area is 114 Å². The van der Waals surface area contributed by atoms with Crippen molar-refractivity contribution in [3.8, 4) is 5.75 Å². The van der Waals surface area contributed by atoms with E-state index in [0.29, 0.717) is 11.4 Å². The number of anilines is 3. The van der Waals surface area contributed by atoms with Crippen LogP contribution in [0.3, 0.4) is 0 Å². The van der Waals surface area contributed by atoms with E-state index in [9.17, 15) is 13.2 Å². The minimum atomic E-state index is -4.70. The van der Waals surface area contributed by atoms with E-state index in [4.69, 9.17) is 5.73 Å². The minimum absolute atomic E-state index is 0.269. The van der Waals surface area contributed by atoms with Crippen molar-refractivity contribution < 1.29 is 17.9 Å². The normalized spacial score (nSPS) is 11.2. The molecule has 106 valence electrons. The average molecular weight is 282 g/mol. The van der Waals surface area contributed by atoms with Crippen molar-refractivity contribution in [1.29, 1.82) is 0 Å². The van der Waals surface area contributed by atoms with Gasteiger partial charge in [-0.1, -0.05) is 6.07 Å². The van der Waals surface area contributed by atoms with Crippen LogP contribution < -0.4 is 15.8 Å². The van der Waals surface area contributed by atoms with Crippen molar-refractivity contribution in [2.75, 3.05) is 11.1 Å². The van der Waals surface area contributed by atoms with Crippen LogP contribution in [0.1, 0.15) is 5.56 Å². The molecule has 2 aromatic carbocycles. The van der Waals surface area contributed by atoms with Crippen LogP contribution >= 0.6 is 0 Å². The zero-order valence-electron chi connectivity index (χ0n) is 10.7. The third kappa shape index (κ3) is 3.81. The van der Waals surface area contributed by atoms with E-state index in [0.717, 1.165) is 11.3 Å². The van der Waals surface area contributed by atoms with Crippen molar-refractivity contribution in [2.24, 2.45) is 0 Å². The monoisotopic (exact) mass is 282 g/mol. The molecule has 2 aromatic rings. The van der Waals surface area contributed by atoms with Gasteiger partial charge in [0.25, 0.3) is 0 Å². The summed E-state index contributed by atoms with van der Waals surface area (Å²) >= 11 is 0. The van der Waals surface area contributed by atoms with Crippen LogP contribution in [0.2, 0.25) is 0 Å². The van der Waals surface area contributed by atoms with Crippen molar-refractivity contribution in [1.82, 2.24) is 0 Å². The van der Waals surface area contributed by atoms with Crippen LogP contribution in [0.5, 0.6) is 5.75 Å². The second kappa shape index (κ2) is 5.32. The summed E-state index contributed by atoms with van der Waals surface area (Å²) in [5, 5.41) is 3.00. The lowest BCUT2D eigenvalue weighted by Gasteiger charge is -2.12. The number of rotatable bonds is 3. The van der Waals surface area contributed by atoms with E-state index in [1.54, 1.807) is 18.2 Å². The van der Waals surface area contributed by atoms with Gasteiger partial charge in [-0.3, -0.25) is 0 Å². The molecule has 0 bridgehead atoms. The minimum Gasteiger partial charge on any atom is -0.406 e. The van der Waals surface area contributed by atoms with E-state index in [1.165, 1.54) is 18.2 Å². The van der Waals surface area contributed by atoms with Gasteiger partial charge in [-0.05, 0) is 42.8 Å². The standard InChI is InChI=1S/C14H13F3N2O/c1-9-7-11(5-6-13(9)18)19-10-3-2-4-12(8-10)20-14(15,16)17/h2-8,19H,18H2,1H3. The molecule has 0 spiro atoms. The number of nitrogens with two attached hydrogens (primary N) is 1. The van der Waals surface area contributed by atoms with E-state index in [-0.39, 0.29) is 5.75 Å². The van der Waals surface area contributed by atoms with Crippen molar-refractivity contribution in [3.05, 3.63) is 48.0 Å². The Kier molecular flexibility index (Phi) is 3.74. The molecule has 20 heavy (non-hydrogen) atoms. The van der Waals surface area contributed by atoms with Crippen LogP contribution in [0.15, 0.2) is 42.5 Å². The van der Waals surface area contributed by atoms with Crippen LogP contribution in [-0.4, -0.2) is 6.36 Å². The summed E-state index contributed by atoms with van der Waals surface area (Å²) in [5.74, 6) is -0.269. The summed E-state index contributed by atoms with van der Waals surface area (Å²) in [6.07, 6.45) is -4.70. The van der Waals surface area contributed by atoms with E-state index in [1.807, 2.05) is 13.0 Å². The van der Waals surface area contributed by atoms with Gasteiger partial charge in [-0.2, -0.15) is 0 Å². The molecule has 2 rings (SSSR count). The third-order valence-electron chi connectivity index (χ3n) is 2.63. The molecule has 0 aliphatic carbocycles. The molecule has 3 N–H and O–H groups in total. The number of nitrogen functional groups attached to an aromatic ring is 1. The Bertz CT molecular complexity index is 612. The van der Waals surface area contributed by atoms with Gasteiger partial charge in [0.15, 0.2) is 0 Å². The Morgan fingerprint density at radius 2 is 1.75 bits per heavy atom. The highest BCUT2D eigenvalue weighted by molar-refractivity contribution is 5.65. The molecule has 0 heterocycles. The molecule has 0 aliphatic heterocycles.